The van der Waals surface area contributed by atoms with Gasteiger partial charge in [-0.25, -0.2) is 0 Å². The molecule has 1 aromatic carbocycles. The first-order chi connectivity index (χ1) is 8.47. The van der Waals surface area contributed by atoms with E-state index in [9.17, 15) is 0 Å². The average molecular weight is 361 g/mol. The van der Waals surface area contributed by atoms with E-state index in [4.69, 9.17) is 17.0 Å². The second-order valence-electron chi connectivity index (χ2n) is 5.25. The van der Waals surface area contributed by atoms with Crippen molar-refractivity contribution in [2.75, 3.05) is 0 Å². The first-order valence-corrected chi connectivity index (χ1v) is 14.2. The molecule has 3 heteroatoms. The van der Waals surface area contributed by atoms with Crippen LogP contribution >= 0.6 is 17.0 Å². The number of halogens is 2. The average Bonchev–Trinajstić information content (AvgIpc) is 2.69. The molecule has 1 aliphatic carbocycles. The molecule has 1 aromatic rings. The fourth-order valence-corrected chi connectivity index (χ4v) is 8.64. The van der Waals surface area contributed by atoms with Crippen molar-refractivity contribution in [3.63, 3.8) is 0 Å². The minimum atomic E-state index is -2.31. The first-order valence-electron chi connectivity index (χ1n) is 6.49. The minimum absolute atomic E-state index is 0.370. The van der Waals surface area contributed by atoms with Gasteiger partial charge in [-0.2, -0.15) is 0 Å². The maximum atomic E-state index is 6.41. The van der Waals surface area contributed by atoms with Gasteiger partial charge in [-0.1, -0.05) is 0 Å². The van der Waals surface area contributed by atoms with E-state index in [0.29, 0.717) is 9.54 Å². The van der Waals surface area contributed by atoms with Crippen LogP contribution in [0.5, 0.6) is 0 Å². The third-order valence-corrected chi connectivity index (χ3v) is 9.05. The molecule has 0 spiro atoms. The van der Waals surface area contributed by atoms with Crippen molar-refractivity contribution in [2.45, 2.75) is 43.7 Å². The summed E-state index contributed by atoms with van der Waals surface area (Å²) < 4.78 is 0.370. The summed E-state index contributed by atoms with van der Waals surface area (Å²) in [5.41, 5.74) is 7.06. The Balaban J connectivity index is 2.64. The molecule has 0 saturated heterocycles. The van der Waals surface area contributed by atoms with Crippen LogP contribution in [0, 0.1) is 6.92 Å². The van der Waals surface area contributed by atoms with Gasteiger partial charge in [-0.05, 0) is 0 Å². The Morgan fingerprint density at radius 1 is 1.28 bits per heavy atom. The van der Waals surface area contributed by atoms with Crippen LogP contribution in [0.1, 0.15) is 59.0 Å². The van der Waals surface area contributed by atoms with Crippen LogP contribution < -0.4 is 0 Å². The van der Waals surface area contributed by atoms with Crippen molar-refractivity contribution in [3.8, 4) is 0 Å². The second kappa shape index (κ2) is 5.82. The summed E-state index contributed by atoms with van der Waals surface area (Å²) in [4.78, 5) is 0. The van der Waals surface area contributed by atoms with E-state index in [-0.39, 0.29) is 0 Å². The number of allylic oxidation sites excluding steroid dienone is 1. The van der Waals surface area contributed by atoms with Crippen LogP contribution in [0.25, 0.3) is 6.08 Å². The predicted molar refractivity (Wildman–Crippen MR) is 78.0 cm³/mol. The molecule has 1 aliphatic rings. The van der Waals surface area contributed by atoms with Crippen molar-refractivity contribution in [1.82, 2.24) is 0 Å². The molecule has 97 valence electrons. The molecule has 0 radical (unpaired) electrons. The van der Waals surface area contributed by atoms with Gasteiger partial charge in [0.05, 0.1) is 0 Å². The van der Waals surface area contributed by atoms with Crippen LogP contribution in [0.2, 0.25) is 0 Å². The monoisotopic (exact) mass is 359 g/mol. The third kappa shape index (κ3) is 2.51. The van der Waals surface area contributed by atoms with Gasteiger partial charge in [-0.15, -0.1) is 0 Å². The molecule has 0 heterocycles. The van der Waals surface area contributed by atoms with Crippen LogP contribution in [-0.2, 0) is 19.4 Å². The normalized spacial score (nSPS) is 17.9. The molecule has 0 N–H and O–H groups in total. The summed E-state index contributed by atoms with van der Waals surface area (Å²) in [5, 5.41) is 0. The van der Waals surface area contributed by atoms with Gasteiger partial charge in [-0.3, -0.25) is 0 Å². The number of fused-ring (bicyclic) bond motifs is 1. The molecule has 0 aromatic heterocycles. The van der Waals surface area contributed by atoms with Gasteiger partial charge in [0.2, 0.25) is 0 Å². The molecule has 2 rings (SSSR count). The Bertz CT molecular complexity index is 490. The predicted octanol–water partition coefficient (Wildman–Crippen LogP) is 5.89. The Kier molecular flexibility index (Phi) is 4.79. The zero-order chi connectivity index (χ0) is 13.4. The van der Waals surface area contributed by atoms with Gasteiger partial charge < -0.3 is 0 Å². The molecule has 0 amide bonds. The molecule has 0 aliphatic heterocycles. The zero-order valence-electron chi connectivity index (χ0n) is 11.3. The first kappa shape index (κ1) is 14.8. The van der Waals surface area contributed by atoms with E-state index in [2.05, 4.69) is 45.9 Å². The van der Waals surface area contributed by atoms with Gasteiger partial charge in [0.1, 0.15) is 0 Å². The van der Waals surface area contributed by atoms with Crippen molar-refractivity contribution in [1.29, 1.82) is 0 Å². The summed E-state index contributed by atoms with van der Waals surface area (Å²) in [5.74, 6) is 0.546. The molecule has 0 saturated carbocycles. The van der Waals surface area contributed by atoms with Crippen molar-refractivity contribution in [3.05, 3.63) is 40.0 Å². The summed E-state index contributed by atoms with van der Waals surface area (Å²) in [6, 6.07) is 4.49. The van der Waals surface area contributed by atoms with Crippen molar-refractivity contribution < 1.29 is 19.4 Å². The van der Waals surface area contributed by atoms with E-state index in [1.807, 2.05) is 0 Å². The summed E-state index contributed by atoms with van der Waals surface area (Å²) in [6.45, 7) is 8.88. The molecule has 1 unspecified atom stereocenters. The standard InChI is InChI=1S/C15H19.2ClH.Zr/c1-5-12-8-14-11(4)6-7-13(10(2)3)15(14)9-12;;;/h6-10H,5H2,1-4H3;2*1H;/q;;;+2/p-2. The van der Waals surface area contributed by atoms with E-state index < -0.39 is 19.4 Å². The number of hydrogen-bond donors (Lipinski definition) is 0. The molecule has 0 nitrogen and oxygen atoms in total. The van der Waals surface area contributed by atoms with Gasteiger partial charge in [0.25, 0.3) is 0 Å². The van der Waals surface area contributed by atoms with Crippen LogP contribution in [-0.4, -0.2) is 0 Å². The van der Waals surface area contributed by atoms with Gasteiger partial charge in [0.15, 0.2) is 0 Å². The number of benzene rings is 1. The molecular weight excluding hydrogens is 342 g/mol. The maximum absolute atomic E-state index is 6.41. The molecule has 0 bridgehead atoms. The van der Waals surface area contributed by atoms with E-state index in [1.165, 1.54) is 27.8 Å². The molecule has 18 heavy (non-hydrogen) atoms. The topological polar surface area (TPSA) is 0 Å². The summed E-state index contributed by atoms with van der Waals surface area (Å²) >= 11 is -2.31. The van der Waals surface area contributed by atoms with Crippen molar-refractivity contribution >= 4 is 23.1 Å². The third-order valence-electron chi connectivity index (χ3n) is 3.78. The van der Waals surface area contributed by atoms with E-state index in [0.717, 1.165) is 6.42 Å². The van der Waals surface area contributed by atoms with E-state index >= 15 is 0 Å². The Morgan fingerprint density at radius 2 is 1.94 bits per heavy atom. The number of rotatable bonds is 3. The molecular formula is C15H19Cl2Zr. The quantitative estimate of drug-likeness (QED) is 0.629. The second-order valence-corrected chi connectivity index (χ2v) is 14.1. The van der Waals surface area contributed by atoms with Crippen molar-refractivity contribution in [2.24, 2.45) is 0 Å². The number of aryl methyl sites for hydroxylation is 1. The SMILES string of the molecule is CCC1=Cc2c(C(C)C)ccc(C)c2[CH]1[Zr]([Cl])[Cl]. The zero-order valence-corrected chi connectivity index (χ0v) is 15.3. The summed E-state index contributed by atoms with van der Waals surface area (Å²) in [6.07, 6.45) is 3.41. The van der Waals surface area contributed by atoms with E-state index in [1.54, 1.807) is 0 Å². The Labute approximate surface area is 125 Å². The Hall–Kier alpha value is 0.423. The fraction of sp³-hybridized carbons (Fsp3) is 0.467. The fourth-order valence-electron chi connectivity index (χ4n) is 2.82. The molecule has 1 atom stereocenters. The van der Waals surface area contributed by atoms with Crippen LogP contribution in [0.4, 0.5) is 0 Å². The number of hydrogen-bond acceptors (Lipinski definition) is 0. The van der Waals surface area contributed by atoms with Crippen LogP contribution in [0.15, 0.2) is 17.7 Å². The van der Waals surface area contributed by atoms with Gasteiger partial charge in [0, 0.05) is 0 Å². The Morgan fingerprint density at radius 3 is 2.44 bits per heavy atom. The summed E-state index contributed by atoms with van der Waals surface area (Å²) in [7, 11) is 12.8. The van der Waals surface area contributed by atoms with Crippen LogP contribution in [0.3, 0.4) is 0 Å². The van der Waals surface area contributed by atoms with Gasteiger partial charge >= 0.3 is 126 Å². The molecule has 0 fully saturated rings.